The summed E-state index contributed by atoms with van der Waals surface area (Å²) < 4.78 is 7.09. The Bertz CT molecular complexity index is 739. The summed E-state index contributed by atoms with van der Waals surface area (Å²) in [5.41, 5.74) is 4.87. The van der Waals surface area contributed by atoms with Crippen molar-refractivity contribution in [2.24, 2.45) is 0 Å². The molecule has 0 saturated heterocycles. The fourth-order valence-corrected chi connectivity index (χ4v) is 2.95. The van der Waals surface area contributed by atoms with E-state index in [1.165, 1.54) is 11.1 Å². The Morgan fingerprint density at radius 1 is 0.750 bits per heavy atom. The number of aromatic hydroxyl groups is 1. The maximum atomic E-state index is 10.3. The van der Waals surface area contributed by atoms with Crippen molar-refractivity contribution in [2.75, 3.05) is 0 Å². The molecule has 0 aromatic heterocycles. The van der Waals surface area contributed by atoms with Gasteiger partial charge < -0.3 is 5.11 Å². The third-order valence-electron chi connectivity index (χ3n) is 4.34. The second kappa shape index (κ2) is 10.6. The third-order valence-corrected chi connectivity index (χ3v) is 4.34. The molecule has 0 unspecified atom stereocenters. The van der Waals surface area contributed by atoms with E-state index >= 15 is 0 Å². The topological polar surface area (TPSA) is 20.2 Å². The van der Waals surface area contributed by atoms with E-state index in [0.29, 0.717) is 5.75 Å². The first-order chi connectivity index (χ1) is 12.8. The Hall–Kier alpha value is -1.14. The molecular weight excluding hydrogens is 420 g/mol. The van der Waals surface area contributed by atoms with Crippen LogP contribution in [0, 0.1) is 0 Å². The summed E-state index contributed by atoms with van der Waals surface area (Å²) >= 11 is -0.543. The van der Waals surface area contributed by atoms with Crippen molar-refractivity contribution in [1.29, 1.82) is 0 Å². The van der Waals surface area contributed by atoms with Gasteiger partial charge in [0.2, 0.25) is 0 Å². The Balaban J connectivity index is 0.000000253. The molecule has 0 amide bonds. The molecule has 0 atom stereocenters. The summed E-state index contributed by atoms with van der Waals surface area (Å²) in [5, 5.41) is 10.3. The van der Waals surface area contributed by atoms with Crippen LogP contribution in [0.4, 0.5) is 0 Å². The summed E-state index contributed by atoms with van der Waals surface area (Å²) in [7, 11) is 0. The summed E-state index contributed by atoms with van der Waals surface area (Å²) in [4.78, 5) is 0. The van der Waals surface area contributed by atoms with Crippen LogP contribution in [0.3, 0.4) is 0 Å². The second-order valence-electron chi connectivity index (χ2n) is 10.0. The Morgan fingerprint density at radius 2 is 1.21 bits per heavy atom. The molecule has 28 heavy (non-hydrogen) atoms. The minimum absolute atomic E-state index is 0.00859. The number of phenols is 1. The molecule has 2 heteroatoms. The normalized spacial score (nSPS) is 12.3. The average Bonchev–Trinajstić information content (AvgIpc) is 3.01. The van der Waals surface area contributed by atoms with Gasteiger partial charge in [0.1, 0.15) is 5.75 Å². The SMILES string of the molecule is C1=Cc2ccccc2C1.CC(C)(C)c1cccc(C(C)(C)C)c1O.[CH3][Zr]([CH3])[CH3]. The molecule has 1 aliphatic carbocycles. The van der Waals surface area contributed by atoms with Crippen LogP contribution < -0.4 is 0 Å². The number of benzene rings is 2. The zero-order chi connectivity index (χ0) is 21.5. The Morgan fingerprint density at radius 3 is 1.64 bits per heavy atom. The van der Waals surface area contributed by atoms with E-state index < -0.39 is 21.8 Å². The third kappa shape index (κ3) is 8.08. The van der Waals surface area contributed by atoms with Crippen LogP contribution in [0.25, 0.3) is 6.08 Å². The molecule has 1 N–H and O–H groups in total. The summed E-state index contributed by atoms with van der Waals surface area (Å²) in [6, 6.07) is 14.5. The molecule has 0 radical (unpaired) electrons. The summed E-state index contributed by atoms with van der Waals surface area (Å²) in [5.74, 6) is 0.456. The first-order valence-corrected chi connectivity index (χ1v) is 17.6. The molecule has 0 aliphatic heterocycles. The van der Waals surface area contributed by atoms with E-state index in [1.54, 1.807) is 0 Å². The molecule has 153 valence electrons. The quantitative estimate of drug-likeness (QED) is 0.424. The molecule has 0 bridgehead atoms. The first-order valence-electron chi connectivity index (χ1n) is 10.2. The number of phenolic OH excluding ortho intramolecular Hbond substituents is 1. The van der Waals surface area contributed by atoms with Crippen molar-refractivity contribution >= 4 is 6.08 Å². The number of hydrogen-bond donors (Lipinski definition) is 1. The predicted molar refractivity (Wildman–Crippen MR) is 122 cm³/mol. The molecule has 1 aliphatic rings. The Kier molecular flexibility index (Phi) is 9.41. The molecule has 0 heterocycles. The van der Waals surface area contributed by atoms with E-state index in [4.69, 9.17) is 0 Å². The number of rotatable bonds is 0. The Labute approximate surface area is 181 Å². The van der Waals surface area contributed by atoms with Crippen LogP contribution in [0.15, 0.2) is 48.5 Å². The number of fused-ring (bicyclic) bond motifs is 1. The van der Waals surface area contributed by atoms with Gasteiger partial charge in [-0.1, -0.05) is 96.2 Å². The molecule has 1 nitrogen and oxygen atoms in total. The maximum absolute atomic E-state index is 10.3. The second-order valence-corrected chi connectivity index (χ2v) is 17.4. The molecule has 0 fully saturated rings. The fourth-order valence-electron chi connectivity index (χ4n) is 2.95. The van der Waals surface area contributed by atoms with Crippen LogP contribution in [0.2, 0.25) is 13.9 Å². The zero-order valence-corrected chi connectivity index (χ0v) is 21.8. The standard InChI is InChI=1S/C14H22O.C9H8.3CH3.Zr/c1-13(2,3)10-8-7-9-11(12(10)15)14(4,5)6;1-2-5-9-7-3-6-8(9)4-1;;;;/h7-9,15H,1-6H3;1-6H,7H2;3*1H3;. The van der Waals surface area contributed by atoms with Gasteiger partial charge in [-0.2, -0.15) is 0 Å². The van der Waals surface area contributed by atoms with Crippen molar-refractivity contribution < 1.29 is 26.9 Å². The van der Waals surface area contributed by atoms with E-state index in [9.17, 15) is 5.11 Å². The van der Waals surface area contributed by atoms with E-state index in [2.05, 4.69) is 91.9 Å². The number of allylic oxidation sites excluding steroid dienone is 1. The molecule has 2 aromatic rings. The first kappa shape index (κ1) is 24.9. The van der Waals surface area contributed by atoms with Gasteiger partial charge >= 0.3 is 35.6 Å². The van der Waals surface area contributed by atoms with Gasteiger partial charge in [-0.3, -0.25) is 0 Å². The van der Waals surface area contributed by atoms with E-state index in [0.717, 1.165) is 17.5 Å². The van der Waals surface area contributed by atoms with Crippen LogP contribution in [0.5, 0.6) is 5.75 Å². The van der Waals surface area contributed by atoms with Crippen LogP contribution >= 0.6 is 0 Å². The van der Waals surface area contributed by atoms with Crippen molar-refractivity contribution in [1.82, 2.24) is 0 Å². The predicted octanol–water partition coefficient (Wildman–Crippen LogP) is 7.99. The van der Waals surface area contributed by atoms with Gasteiger partial charge in [-0.05, 0) is 39.5 Å². The summed E-state index contributed by atoms with van der Waals surface area (Å²) in [6.07, 6.45) is 5.50. The van der Waals surface area contributed by atoms with Gasteiger partial charge in [-0.25, -0.2) is 0 Å². The molecule has 0 spiro atoms. The van der Waals surface area contributed by atoms with Crippen LogP contribution in [-0.2, 0) is 39.0 Å². The number of hydrogen-bond acceptors (Lipinski definition) is 1. The zero-order valence-electron chi connectivity index (χ0n) is 19.4. The van der Waals surface area contributed by atoms with E-state index in [-0.39, 0.29) is 10.8 Å². The summed E-state index contributed by atoms with van der Waals surface area (Å²) in [6.45, 7) is 12.7. The van der Waals surface area contributed by atoms with Gasteiger partial charge in [-0.15, -0.1) is 0 Å². The minimum atomic E-state index is -0.543. The monoisotopic (exact) mass is 457 g/mol. The van der Waals surface area contributed by atoms with E-state index in [1.807, 2.05) is 18.2 Å². The van der Waals surface area contributed by atoms with Gasteiger partial charge in [0, 0.05) is 0 Å². The average molecular weight is 459 g/mol. The van der Waals surface area contributed by atoms with Crippen molar-refractivity contribution in [3.63, 3.8) is 0 Å². The van der Waals surface area contributed by atoms with Gasteiger partial charge in [0.15, 0.2) is 0 Å². The molecular formula is C26H39OZr. The molecule has 0 saturated carbocycles. The van der Waals surface area contributed by atoms with Crippen molar-refractivity contribution in [3.8, 4) is 5.75 Å². The molecule has 2 aromatic carbocycles. The van der Waals surface area contributed by atoms with Crippen LogP contribution in [-0.4, -0.2) is 5.11 Å². The molecule has 3 rings (SSSR count). The fraction of sp³-hybridized carbons (Fsp3) is 0.462. The van der Waals surface area contributed by atoms with Crippen LogP contribution in [0.1, 0.15) is 63.8 Å². The number of para-hydroxylation sites is 1. The van der Waals surface area contributed by atoms with Gasteiger partial charge in [0.05, 0.1) is 0 Å². The van der Waals surface area contributed by atoms with Crippen molar-refractivity contribution in [2.45, 2.75) is 72.7 Å². The van der Waals surface area contributed by atoms with Crippen molar-refractivity contribution in [3.05, 3.63) is 70.8 Å². The van der Waals surface area contributed by atoms with Gasteiger partial charge in [0.25, 0.3) is 0 Å².